The topological polar surface area (TPSA) is 112 Å². The zero-order valence-electron chi connectivity index (χ0n) is 7.97. The molecule has 1 atom stereocenters. The molecule has 0 radical (unpaired) electrons. The molecule has 1 aromatic heterocycles. The number of carboxylic acid groups (broad SMARTS) is 1. The minimum absolute atomic E-state index is 0.0000463. The van der Waals surface area contributed by atoms with E-state index in [0.29, 0.717) is 5.69 Å². The molecule has 0 fully saturated rings. The Morgan fingerprint density at radius 3 is 2.87 bits per heavy atom. The van der Waals surface area contributed by atoms with Crippen LogP contribution in [0.2, 0.25) is 0 Å². The van der Waals surface area contributed by atoms with Crippen LogP contribution in [0.15, 0.2) is 12.3 Å². The van der Waals surface area contributed by atoms with Gasteiger partial charge in [-0.3, -0.25) is 9.89 Å². The molecular weight excluding hydrogens is 222 g/mol. The van der Waals surface area contributed by atoms with Crippen LogP contribution in [-0.2, 0) is 21.4 Å². The predicted octanol–water partition coefficient (Wildman–Crippen LogP) is -0.698. The van der Waals surface area contributed by atoms with E-state index in [-0.39, 0.29) is 6.54 Å². The molecule has 0 aliphatic heterocycles. The second kappa shape index (κ2) is 4.41. The van der Waals surface area contributed by atoms with Crippen LogP contribution in [0, 0.1) is 0 Å². The summed E-state index contributed by atoms with van der Waals surface area (Å²) in [5.74, 6) is -1.38. The van der Waals surface area contributed by atoms with Gasteiger partial charge in [-0.2, -0.15) is 5.10 Å². The number of hydrogen-bond acceptors (Lipinski definition) is 4. The summed E-state index contributed by atoms with van der Waals surface area (Å²) >= 11 is 0. The summed E-state index contributed by atoms with van der Waals surface area (Å²) in [6.45, 7) is 1.11. The fourth-order valence-electron chi connectivity index (χ4n) is 0.819. The van der Waals surface area contributed by atoms with Crippen molar-refractivity contribution >= 4 is 16.0 Å². The molecule has 0 aliphatic rings. The Kier molecular flexibility index (Phi) is 3.43. The molecule has 1 heterocycles. The summed E-state index contributed by atoms with van der Waals surface area (Å²) in [5.41, 5.74) is 0.566. The molecule has 1 rings (SSSR count). The number of aromatic nitrogens is 2. The fraction of sp³-hybridized carbons (Fsp3) is 0.429. The third-order valence-corrected chi connectivity index (χ3v) is 3.51. The molecule has 0 amide bonds. The fourth-order valence-corrected chi connectivity index (χ4v) is 1.69. The first-order valence-corrected chi connectivity index (χ1v) is 5.67. The highest BCUT2D eigenvalue weighted by Crippen LogP contribution is 2.00. The lowest BCUT2D eigenvalue weighted by molar-refractivity contribution is -0.136. The van der Waals surface area contributed by atoms with Crippen molar-refractivity contribution in [1.29, 1.82) is 0 Å². The van der Waals surface area contributed by atoms with E-state index in [0.717, 1.165) is 6.92 Å². The second-order valence-corrected chi connectivity index (χ2v) is 5.01. The van der Waals surface area contributed by atoms with Gasteiger partial charge in [0.25, 0.3) is 0 Å². The van der Waals surface area contributed by atoms with Crippen molar-refractivity contribution in [2.45, 2.75) is 18.7 Å². The van der Waals surface area contributed by atoms with Gasteiger partial charge in [0.05, 0.1) is 12.2 Å². The molecule has 0 saturated carbocycles. The van der Waals surface area contributed by atoms with Gasteiger partial charge in [0.15, 0.2) is 5.25 Å². The molecule has 0 aromatic carbocycles. The lowest BCUT2D eigenvalue weighted by Gasteiger charge is -2.08. The van der Waals surface area contributed by atoms with Crippen LogP contribution in [0.25, 0.3) is 0 Å². The number of nitrogens with zero attached hydrogens (tertiary/aromatic N) is 1. The average Bonchev–Trinajstić information content (AvgIpc) is 2.66. The molecular formula is C7H11N3O4S. The first-order valence-electron chi connectivity index (χ1n) is 4.13. The number of nitrogens with one attached hydrogen (secondary N) is 2. The van der Waals surface area contributed by atoms with Gasteiger partial charge in [-0.15, -0.1) is 0 Å². The number of aliphatic carboxylic acids is 1. The Morgan fingerprint density at radius 2 is 2.40 bits per heavy atom. The number of carboxylic acids is 1. The van der Waals surface area contributed by atoms with Gasteiger partial charge in [0.2, 0.25) is 10.0 Å². The summed E-state index contributed by atoms with van der Waals surface area (Å²) in [4.78, 5) is 10.5. The maximum absolute atomic E-state index is 11.3. The van der Waals surface area contributed by atoms with E-state index < -0.39 is 21.2 Å². The zero-order chi connectivity index (χ0) is 11.5. The van der Waals surface area contributed by atoms with E-state index in [1.807, 2.05) is 0 Å². The van der Waals surface area contributed by atoms with E-state index in [1.165, 1.54) is 6.20 Å². The number of rotatable bonds is 5. The maximum atomic E-state index is 11.3. The van der Waals surface area contributed by atoms with Crippen LogP contribution < -0.4 is 4.72 Å². The summed E-state index contributed by atoms with van der Waals surface area (Å²) in [6.07, 6.45) is 1.48. The zero-order valence-corrected chi connectivity index (χ0v) is 8.78. The highest BCUT2D eigenvalue weighted by atomic mass is 32.2. The largest absolute Gasteiger partial charge is 0.480 e. The van der Waals surface area contributed by atoms with E-state index in [2.05, 4.69) is 14.9 Å². The molecule has 3 N–H and O–H groups in total. The number of aromatic amines is 1. The van der Waals surface area contributed by atoms with Crippen LogP contribution in [0.3, 0.4) is 0 Å². The third kappa shape index (κ3) is 3.03. The smallest absolute Gasteiger partial charge is 0.323 e. The van der Waals surface area contributed by atoms with Gasteiger partial charge in [-0.25, -0.2) is 13.1 Å². The monoisotopic (exact) mass is 233 g/mol. The van der Waals surface area contributed by atoms with Crippen molar-refractivity contribution in [3.05, 3.63) is 18.0 Å². The second-order valence-electron chi connectivity index (χ2n) is 2.93. The molecule has 0 saturated heterocycles. The highest BCUT2D eigenvalue weighted by molar-refractivity contribution is 7.90. The Morgan fingerprint density at radius 1 is 1.73 bits per heavy atom. The Bertz CT molecular complexity index is 425. The molecule has 1 aromatic rings. The Labute approximate surface area is 86.6 Å². The van der Waals surface area contributed by atoms with Crippen LogP contribution >= 0.6 is 0 Å². The van der Waals surface area contributed by atoms with Crippen molar-refractivity contribution in [2.75, 3.05) is 0 Å². The first-order chi connectivity index (χ1) is 6.93. The van der Waals surface area contributed by atoms with Gasteiger partial charge >= 0.3 is 5.97 Å². The average molecular weight is 233 g/mol. The molecule has 0 aliphatic carbocycles. The molecule has 0 bridgehead atoms. The summed E-state index contributed by atoms with van der Waals surface area (Å²) < 4.78 is 24.8. The Hall–Kier alpha value is -1.41. The van der Waals surface area contributed by atoms with Crippen molar-refractivity contribution < 1.29 is 18.3 Å². The maximum Gasteiger partial charge on any atom is 0.323 e. The van der Waals surface area contributed by atoms with Gasteiger partial charge in [0.1, 0.15) is 0 Å². The Balaban J connectivity index is 2.62. The standard InChI is InChI=1S/C7H11N3O4S/c1-5(7(11)12)15(13,14)9-4-6-2-3-8-10-6/h2-3,5,9H,4H2,1H3,(H,8,10)(H,11,12). The van der Waals surface area contributed by atoms with E-state index in [4.69, 9.17) is 5.11 Å². The number of hydrogen-bond donors (Lipinski definition) is 3. The summed E-state index contributed by atoms with van der Waals surface area (Å²) in [6, 6.07) is 1.59. The SMILES string of the molecule is CC(C(=O)O)S(=O)(=O)NCc1ccn[nH]1. The van der Waals surface area contributed by atoms with Crippen LogP contribution in [0.4, 0.5) is 0 Å². The van der Waals surface area contributed by atoms with E-state index >= 15 is 0 Å². The molecule has 8 heteroatoms. The van der Waals surface area contributed by atoms with Crippen molar-refractivity contribution in [3.8, 4) is 0 Å². The highest BCUT2D eigenvalue weighted by Gasteiger charge is 2.26. The number of sulfonamides is 1. The lowest BCUT2D eigenvalue weighted by atomic mass is 10.4. The molecule has 7 nitrogen and oxygen atoms in total. The van der Waals surface area contributed by atoms with Crippen molar-refractivity contribution in [2.24, 2.45) is 0 Å². The summed E-state index contributed by atoms with van der Waals surface area (Å²) in [7, 11) is -3.83. The predicted molar refractivity (Wildman–Crippen MR) is 51.4 cm³/mol. The first kappa shape index (κ1) is 11.7. The minimum atomic E-state index is -3.83. The van der Waals surface area contributed by atoms with E-state index in [1.54, 1.807) is 6.07 Å². The van der Waals surface area contributed by atoms with Crippen LogP contribution in [-0.4, -0.2) is 34.9 Å². The normalized spacial score (nSPS) is 13.7. The number of carbonyl (C=O) groups is 1. The van der Waals surface area contributed by atoms with Crippen LogP contribution in [0.1, 0.15) is 12.6 Å². The molecule has 1 unspecified atom stereocenters. The van der Waals surface area contributed by atoms with Gasteiger partial charge in [0, 0.05) is 6.20 Å². The van der Waals surface area contributed by atoms with Crippen LogP contribution in [0.5, 0.6) is 0 Å². The molecule has 0 spiro atoms. The molecule has 15 heavy (non-hydrogen) atoms. The van der Waals surface area contributed by atoms with E-state index in [9.17, 15) is 13.2 Å². The molecule has 84 valence electrons. The van der Waals surface area contributed by atoms with Crippen molar-refractivity contribution in [3.63, 3.8) is 0 Å². The van der Waals surface area contributed by atoms with Gasteiger partial charge in [-0.05, 0) is 13.0 Å². The van der Waals surface area contributed by atoms with Gasteiger partial charge in [-0.1, -0.05) is 0 Å². The quantitative estimate of drug-likeness (QED) is 0.622. The third-order valence-electron chi connectivity index (χ3n) is 1.84. The minimum Gasteiger partial charge on any atom is -0.480 e. The summed E-state index contributed by atoms with van der Waals surface area (Å²) in [5, 5.41) is 13.2. The van der Waals surface area contributed by atoms with Gasteiger partial charge < -0.3 is 5.11 Å². The van der Waals surface area contributed by atoms with Crippen molar-refractivity contribution in [1.82, 2.24) is 14.9 Å². The number of H-pyrrole nitrogens is 1. The lowest BCUT2D eigenvalue weighted by Crippen LogP contribution is -2.37.